The zero-order valence-corrected chi connectivity index (χ0v) is 10.7. The van der Waals surface area contributed by atoms with Crippen LogP contribution in [0.3, 0.4) is 0 Å². The van der Waals surface area contributed by atoms with Gasteiger partial charge in [-0.3, -0.25) is 0 Å². The molecule has 0 saturated carbocycles. The number of carbonyl (C=O) groups excluding carboxylic acids is 1. The molecular weight excluding hydrogens is 277 g/mol. The average Bonchev–Trinajstić information content (AvgIpc) is 2.75. The van der Waals surface area contributed by atoms with Crippen LogP contribution in [0.15, 0.2) is 30.3 Å². The molecule has 3 nitrogen and oxygen atoms in total. The number of thiophene rings is 1. The van der Waals surface area contributed by atoms with E-state index >= 15 is 0 Å². The van der Waals surface area contributed by atoms with E-state index < -0.39 is 11.8 Å². The van der Waals surface area contributed by atoms with Crippen LogP contribution >= 0.6 is 22.9 Å². The predicted octanol–water partition coefficient (Wildman–Crippen LogP) is 3.48. The zero-order valence-electron chi connectivity index (χ0n) is 9.15. The first-order chi connectivity index (χ1) is 8.56. The summed E-state index contributed by atoms with van der Waals surface area (Å²) in [5.74, 6) is -1.19. The molecule has 0 unspecified atom stereocenters. The van der Waals surface area contributed by atoms with Crippen LogP contribution in [0, 0.1) is 5.82 Å². The van der Waals surface area contributed by atoms with E-state index in [0.29, 0.717) is 4.34 Å². The molecule has 1 aromatic carbocycles. The number of anilines is 1. The molecule has 18 heavy (non-hydrogen) atoms. The van der Waals surface area contributed by atoms with E-state index in [1.165, 1.54) is 23.5 Å². The lowest BCUT2D eigenvalue weighted by molar-refractivity contribution is 0.0477. The standard InChI is InChI=1S/C12H9ClFNO2S/c13-11-4-2-8(18-11)6-17-12(16)9-5-7(14)1-3-10(9)15/h1-5H,6,15H2. The van der Waals surface area contributed by atoms with Crippen LogP contribution in [0.4, 0.5) is 10.1 Å². The molecular formula is C12H9ClFNO2S. The molecule has 0 aliphatic rings. The van der Waals surface area contributed by atoms with Crippen LogP contribution < -0.4 is 5.73 Å². The molecule has 6 heteroatoms. The molecule has 0 fully saturated rings. The fourth-order valence-electron chi connectivity index (χ4n) is 1.35. The molecule has 94 valence electrons. The minimum absolute atomic E-state index is 0.0256. The smallest absolute Gasteiger partial charge is 0.340 e. The lowest BCUT2D eigenvalue weighted by atomic mass is 10.2. The van der Waals surface area contributed by atoms with Crippen LogP contribution in [0.5, 0.6) is 0 Å². The van der Waals surface area contributed by atoms with Gasteiger partial charge in [0.1, 0.15) is 12.4 Å². The quantitative estimate of drug-likeness (QED) is 0.694. The van der Waals surface area contributed by atoms with Crippen molar-refractivity contribution in [3.8, 4) is 0 Å². The average molecular weight is 286 g/mol. The number of rotatable bonds is 3. The van der Waals surface area contributed by atoms with Crippen molar-refractivity contribution >= 4 is 34.6 Å². The Bertz CT molecular complexity index is 585. The largest absolute Gasteiger partial charge is 0.456 e. The molecule has 0 bridgehead atoms. The fourth-order valence-corrected chi connectivity index (χ4v) is 2.35. The first kappa shape index (κ1) is 12.9. The molecule has 1 aromatic heterocycles. The van der Waals surface area contributed by atoms with Crippen molar-refractivity contribution in [1.29, 1.82) is 0 Å². The van der Waals surface area contributed by atoms with Gasteiger partial charge in [0, 0.05) is 10.6 Å². The Labute approximate surface area is 112 Å². The summed E-state index contributed by atoms with van der Waals surface area (Å²) in [6, 6.07) is 7.04. The van der Waals surface area contributed by atoms with Crippen molar-refractivity contribution in [3.05, 3.63) is 50.9 Å². The lowest BCUT2D eigenvalue weighted by Crippen LogP contribution is -2.08. The van der Waals surface area contributed by atoms with Gasteiger partial charge in [0.25, 0.3) is 0 Å². The molecule has 0 amide bonds. The van der Waals surface area contributed by atoms with E-state index in [9.17, 15) is 9.18 Å². The van der Waals surface area contributed by atoms with E-state index in [4.69, 9.17) is 22.1 Å². The minimum atomic E-state index is -0.656. The Morgan fingerprint density at radius 1 is 1.39 bits per heavy atom. The maximum atomic E-state index is 13.0. The van der Waals surface area contributed by atoms with E-state index in [1.54, 1.807) is 12.1 Å². The van der Waals surface area contributed by atoms with E-state index in [1.807, 2.05) is 0 Å². The van der Waals surface area contributed by atoms with Gasteiger partial charge in [-0.15, -0.1) is 11.3 Å². The Balaban J connectivity index is 2.05. The third kappa shape index (κ3) is 3.00. The maximum absolute atomic E-state index is 13.0. The van der Waals surface area contributed by atoms with Crippen LogP contribution in [0.25, 0.3) is 0 Å². The van der Waals surface area contributed by atoms with E-state index in [2.05, 4.69) is 0 Å². The molecule has 2 N–H and O–H groups in total. The second-order valence-corrected chi connectivity index (χ2v) is 5.31. The monoisotopic (exact) mass is 285 g/mol. The van der Waals surface area contributed by atoms with Gasteiger partial charge in [-0.1, -0.05) is 11.6 Å². The molecule has 0 atom stereocenters. The first-order valence-corrected chi connectivity index (χ1v) is 6.22. The zero-order chi connectivity index (χ0) is 13.1. The van der Waals surface area contributed by atoms with Crippen LogP contribution in [0.2, 0.25) is 4.34 Å². The summed E-state index contributed by atoms with van der Waals surface area (Å²) in [5.41, 5.74) is 5.79. The number of esters is 1. The summed E-state index contributed by atoms with van der Waals surface area (Å²) in [7, 11) is 0. The Morgan fingerprint density at radius 3 is 2.83 bits per heavy atom. The highest BCUT2D eigenvalue weighted by Gasteiger charge is 2.13. The van der Waals surface area contributed by atoms with Gasteiger partial charge in [0.2, 0.25) is 0 Å². The number of hydrogen-bond donors (Lipinski definition) is 1. The van der Waals surface area contributed by atoms with Gasteiger partial charge in [-0.25, -0.2) is 9.18 Å². The van der Waals surface area contributed by atoms with Gasteiger partial charge in [-0.05, 0) is 30.3 Å². The summed E-state index contributed by atoms with van der Waals surface area (Å²) in [6.45, 7) is 0.0895. The number of benzene rings is 1. The normalized spacial score (nSPS) is 10.3. The molecule has 0 aliphatic carbocycles. The summed E-state index contributed by atoms with van der Waals surface area (Å²) in [6.07, 6.45) is 0. The minimum Gasteiger partial charge on any atom is -0.456 e. The number of hydrogen-bond acceptors (Lipinski definition) is 4. The second kappa shape index (κ2) is 5.37. The predicted molar refractivity (Wildman–Crippen MR) is 69.3 cm³/mol. The highest BCUT2D eigenvalue weighted by Crippen LogP contribution is 2.23. The Morgan fingerprint density at radius 2 is 2.17 bits per heavy atom. The maximum Gasteiger partial charge on any atom is 0.340 e. The SMILES string of the molecule is Nc1ccc(F)cc1C(=O)OCc1ccc(Cl)s1. The number of ether oxygens (including phenoxy) is 1. The number of nitrogens with two attached hydrogens (primary N) is 1. The Hall–Kier alpha value is -1.59. The second-order valence-electron chi connectivity index (χ2n) is 3.51. The third-order valence-corrected chi connectivity index (χ3v) is 3.41. The van der Waals surface area contributed by atoms with E-state index in [-0.39, 0.29) is 17.9 Å². The van der Waals surface area contributed by atoms with Crippen LogP contribution in [-0.4, -0.2) is 5.97 Å². The van der Waals surface area contributed by atoms with Gasteiger partial charge in [-0.2, -0.15) is 0 Å². The molecule has 0 spiro atoms. The summed E-state index contributed by atoms with van der Waals surface area (Å²) < 4.78 is 18.6. The first-order valence-electron chi connectivity index (χ1n) is 5.02. The molecule has 0 saturated heterocycles. The number of nitrogen functional groups attached to an aromatic ring is 1. The molecule has 0 aliphatic heterocycles. The van der Waals surface area contributed by atoms with Crippen molar-refractivity contribution in [2.75, 3.05) is 5.73 Å². The molecule has 0 radical (unpaired) electrons. The summed E-state index contributed by atoms with van der Waals surface area (Å²) in [5, 5.41) is 0. The van der Waals surface area contributed by atoms with Crippen LogP contribution in [-0.2, 0) is 11.3 Å². The Kier molecular flexibility index (Phi) is 3.84. The van der Waals surface area contributed by atoms with Crippen molar-refractivity contribution in [2.24, 2.45) is 0 Å². The number of halogens is 2. The van der Waals surface area contributed by atoms with Crippen molar-refractivity contribution in [1.82, 2.24) is 0 Å². The molecule has 2 aromatic rings. The molecule has 2 rings (SSSR count). The third-order valence-electron chi connectivity index (χ3n) is 2.21. The summed E-state index contributed by atoms with van der Waals surface area (Å²) in [4.78, 5) is 12.5. The lowest BCUT2D eigenvalue weighted by Gasteiger charge is -2.05. The van der Waals surface area contributed by atoms with E-state index in [0.717, 1.165) is 10.9 Å². The van der Waals surface area contributed by atoms with Crippen molar-refractivity contribution in [2.45, 2.75) is 6.61 Å². The van der Waals surface area contributed by atoms with Crippen LogP contribution in [0.1, 0.15) is 15.2 Å². The fraction of sp³-hybridized carbons (Fsp3) is 0.0833. The topological polar surface area (TPSA) is 52.3 Å². The van der Waals surface area contributed by atoms with Gasteiger partial charge in [0.05, 0.1) is 9.90 Å². The molecule has 1 heterocycles. The highest BCUT2D eigenvalue weighted by molar-refractivity contribution is 7.16. The highest BCUT2D eigenvalue weighted by atomic mass is 35.5. The van der Waals surface area contributed by atoms with Gasteiger partial charge in [0.15, 0.2) is 0 Å². The van der Waals surface area contributed by atoms with Crippen molar-refractivity contribution in [3.63, 3.8) is 0 Å². The van der Waals surface area contributed by atoms with Gasteiger partial charge >= 0.3 is 5.97 Å². The van der Waals surface area contributed by atoms with Gasteiger partial charge < -0.3 is 10.5 Å². The number of carbonyl (C=O) groups is 1. The summed E-state index contributed by atoms with van der Waals surface area (Å²) >= 11 is 7.06. The van der Waals surface area contributed by atoms with Crippen molar-refractivity contribution < 1.29 is 13.9 Å².